The molecule has 1 aromatic rings. The summed E-state index contributed by atoms with van der Waals surface area (Å²) in [6.07, 6.45) is 5.18. The van der Waals surface area contributed by atoms with Gasteiger partial charge in [0.25, 0.3) is 0 Å². The Bertz CT molecular complexity index is 446. The zero-order valence-electron chi connectivity index (χ0n) is 11.1. The van der Waals surface area contributed by atoms with Crippen LogP contribution in [0.1, 0.15) is 26.7 Å². The lowest BCUT2D eigenvalue weighted by atomic mass is 10.0. The minimum atomic E-state index is -0.566. The van der Waals surface area contributed by atoms with E-state index >= 15 is 0 Å². The third kappa shape index (κ3) is 3.70. The van der Waals surface area contributed by atoms with Crippen LogP contribution in [-0.2, 0) is 0 Å². The summed E-state index contributed by atoms with van der Waals surface area (Å²) >= 11 is 7.48. The van der Waals surface area contributed by atoms with Crippen molar-refractivity contribution in [3.8, 4) is 0 Å². The molecule has 0 saturated carbocycles. The Morgan fingerprint density at radius 3 is 2.58 bits per heavy atom. The number of thioether (sulfide) groups is 1. The largest absolute Gasteiger partial charge is 0.363 e. The molecule has 1 heterocycles. The van der Waals surface area contributed by atoms with Gasteiger partial charge in [-0.15, -0.1) is 0 Å². The van der Waals surface area contributed by atoms with Crippen LogP contribution >= 0.6 is 23.4 Å². The Balaban J connectivity index is 2.95. The molecule has 0 spiro atoms. The molecule has 0 saturated heterocycles. The highest BCUT2D eigenvalue weighted by Gasteiger charge is 2.27. The number of hydrogen-bond donors (Lipinski definition) is 1. The molecule has 8 heteroatoms. The van der Waals surface area contributed by atoms with E-state index in [1.807, 2.05) is 6.26 Å². The molecule has 106 valence electrons. The van der Waals surface area contributed by atoms with Crippen LogP contribution in [0, 0.1) is 10.1 Å². The number of nitrogens with zero attached hydrogens (tertiary/aromatic N) is 3. The van der Waals surface area contributed by atoms with Crippen LogP contribution in [-0.4, -0.2) is 32.4 Å². The lowest BCUT2D eigenvalue weighted by Crippen LogP contribution is -2.32. The van der Waals surface area contributed by atoms with Crippen molar-refractivity contribution in [2.75, 3.05) is 18.1 Å². The van der Waals surface area contributed by atoms with Gasteiger partial charge in [0.1, 0.15) is 6.33 Å². The molecule has 0 aromatic carbocycles. The SMILES string of the molecule is CCC(CC)(CNc1ncnc(Cl)c1[N+](=O)[O-])SC. The van der Waals surface area contributed by atoms with Gasteiger partial charge in [0.2, 0.25) is 11.0 Å². The van der Waals surface area contributed by atoms with E-state index in [2.05, 4.69) is 29.1 Å². The first-order valence-electron chi connectivity index (χ1n) is 5.93. The van der Waals surface area contributed by atoms with Gasteiger partial charge in [-0.1, -0.05) is 25.4 Å². The maximum Gasteiger partial charge on any atom is 0.348 e. The summed E-state index contributed by atoms with van der Waals surface area (Å²) in [5, 5.41) is 13.9. The zero-order chi connectivity index (χ0) is 14.5. The molecule has 0 bridgehead atoms. The van der Waals surface area contributed by atoms with Crippen molar-refractivity contribution in [1.82, 2.24) is 9.97 Å². The molecule has 0 aliphatic heterocycles. The molecular formula is C11H17ClN4O2S. The second-order valence-electron chi connectivity index (χ2n) is 4.07. The summed E-state index contributed by atoms with van der Waals surface area (Å²) in [5.41, 5.74) is -0.272. The molecule has 0 fully saturated rings. The maximum absolute atomic E-state index is 11.0. The van der Waals surface area contributed by atoms with Crippen LogP contribution in [0.25, 0.3) is 0 Å². The Morgan fingerprint density at radius 2 is 2.11 bits per heavy atom. The highest BCUT2D eigenvalue weighted by molar-refractivity contribution is 8.00. The normalized spacial score (nSPS) is 11.4. The van der Waals surface area contributed by atoms with Crippen molar-refractivity contribution < 1.29 is 4.92 Å². The van der Waals surface area contributed by atoms with Gasteiger partial charge in [0.15, 0.2) is 0 Å². The second kappa shape index (κ2) is 6.91. The van der Waals surface area contributed by atoms with Gasteiger partial charge < -0.3 is 5.32 Å². The molecule has 6 nitrogen and oxygen atoms in total. The van der Waals surface area contributed by atoms with Crippen molar-refractivity contribution in [2.45, 2.75) is 31.4 Å². The van der Waals surface area contributed by atoms with E-state index in [0.29, 0.717) is 6.54 Å². The third-order valence-electron chi connectivity index (χ3n) is 3.26. The topological polar surface area (TPSA) is 81.0 Å². The van der Waals surface area contributed by atoms with E-state index in [4.69, 9.17) is 11.6 Å². The van der Waals surface area contributed by atoms with E-state index in [1.165, 1.54) is 6.33 Å². The van der Waals surface area contributed by atoms with Crippen LogP contribution in [0.4, 0.5) is 11.5 Å². The average molecular weight is 305 g/mol. The number of halogens is 1. The van der Waals surface area contributed by atoms with Crippen molar-refractivity contribution >= 4 is 34.9 Å². The van der Waals surface area contributed by atoms with Crippen molar-refractivity contribution in [3.05, 3.63) is 21.6 Å². The molecule has 1 N–H and O–H groups in total. The fourth-order valence-corrected chi connectivity index (χ4v) is 2.75. The molecule has 0 aliphatic rings. The summed E-state index contributed by atoms with van der Waals surface area (Å²) in [4.78, 5) is 17.9. The molecular weight excluding hydrogens is 288 g/mol. The summed E-state index contributed by atoms with van der Waals surface area (Å²) in [6, 6.07) is 0. The van der Waals surface area contributed by atoms with Gasteiger partial charge in [-0.2, -0.15) is 11.8 Å². The Labute approximate surface area is 121 Å². The van der Waals surface area contributed by atoms with Gasteiger partial charge in [0, 0.05) is 11.3 Å². The lowest BCUT2D eigenvalue weighted by Gasteiger charge is -2.29. The average Bonchev–Trinajstić information content (AvgIpc) is 2.40. The number of hydrogen-bond acceptors (Lipinski definition) is 6. The van der Waals surface area contributed by atoms with Crippen molar-refractivity contribution in [1.29, 1.82) is 0 Å². The van der Waals surface area contributed by atoms with E-state index in [1.54, 1.807) is 11.8 Å². The Hall–Kier alpha value is -1.08. The van der Waals surface area contributed by atoms with Gasteiger partial charge in [0.05, 0.1) is 4.92 Å². The van der Waals surface area contributed by atoms with Crippen LogP contribution in [0.5, 0.6) is 0 Å². The zero-order valence-corrected chi connectivity index (χ0v) is 12.7. The van der Waals surface area contributed by atoms with Crippen LogP contribution in [0.15, 0.2) is 6.33 Å². The highest BCUT2D eigenvalue weighted by Crippen LogP contribution is 2.33. The quantitative estimate of drug-likeness (QED) is 0.472. The summed E-state index contributed by atoms with van der Waals surface area (Å²) in [5.74, 6) is 0.172. The minimum absolute atomic E-state index is 0.0330. The molecule has 0 radical (unpaired) electrons. The van der Waals surface area contributed by atoms with Gasteiger partial charge in [-0.05, 0) is 19.1 Å². The lowest BCUT2D eigenvalue weighted by molar-refractivity contribution is -0.384. The number of rotatable bonds is 7. The number of anilines is 1. The molecule has 19 heavy (non-hydrogen) atoms. The second-order valence-corrected chi connectivity index (χ2v) is 5.70. The highest BCUT2D eigenvalue weighted by atomic mass is 35.5. The monoisotopic (exact) mass is 304 g/mol. The fraction of sp³-hybridized carbons (Fsp3) is 0.636. The number of aromatic nitrogens is 2. The van der Waals surface area contributed by atoms with Crippen LogP contribution in [0.3, 0.4) is 0 Å². The van der Waals surface area contributed by atoms with Gasteiger partial charge >= 0.3 is 5.69 Å². The molecule has 0 aliphatic carbocycles. The standard InChI is InChI=1S/C11H17ClN4O2S/c1-4-11(5-2,19-3)6-13-10-8(16(17)18)9(12)14-7-15-10/h7H,4-6H2,1-3H3,(H,13,14,15). The van der Waals surface area contributed by atoms with E-state index in [-0.39, 0.29) is 21.4 Å². The van der Waals surface area contributed by atoms with Crippen molar-refractivity contribution in [2.24, 2.45) is 0 Å². The molecule has 1 rings (SSSR count). The molecule has 0 amide bonds. The summed E-state index contributed by atoms with van der Waals surface area (Å²) < 4.78 is 0.0330. The third-order valence-corrected chi connectivity index (χ3v) is 5.12. The van der Waals surface area contributed by atoms with E-state index < -0.39 is 4.92 Å². The van der Waals surface area contributed by atoms with Crippen molar-refractivity contribution in [3.63, 3.8) is 0 Å². The molecule has 1 aromatic heterocycles. The Kier molecular flexibility index (Phi) is 5.81. The minimum Gasteiger partial charge on any atom is -0.363 e. The number of nitrogens with one attached hydrogen (secondary N) is 1. The van der Waals surface area contributed by atoms with E-state index in [0.717, 1.165) is 12.8 Å². The smallest absolute Gasteiger partial charge is 0.348 e. The van der Waals surface area contributed by atoms with Gasteiger partial charge in [-0.25, -0.2) is 9.97 Å². The number of nitro groups is 1. The fourth-order valence-electron chi connectivity index (χ4n) is 1.75. The first-order chi connectivity index (χ1) is 8.99. The van der Waals surface area contributed by atoms with Crippen LogP contribution in [0.2, 0.25) is 5.15 Å². The summed E-state index contributed by atoms with van der Waals surface area (Å²) in [6.45, 7) is 4.79. The predicted octanol–water partition coefficient (Wildman–Crippen LogP) is 3.37. The van der Waals surface area contributed by atoms with Gasteiger partial charge in [-0.3, -0.25) is 10.1 Å². The first-order valence-corrected chi connectivity index (χ1v) is 7.53. The molecule has 0 unspecified atom stereocenters. The summed E-state index contributed by atoms with van der Waals surface area (Å²) in [7, 11) is 0. The van der Waals surface area contributed by atoms with E-state index in [9.17, 15) is 10.1 Å². The first kappa shape index (κ1) is 16.0. The maximum atomic E-state index is 11.0. The van der Waals surface area contributed by atoms with Crippen LogP contribution < -0.4 is 5.32 Å². The predicted molar refractivity (Wildman–Crippen MR) is 79.0 cm³/mol. The molecule has 0 atom stereocenters. The Morgan fingerprint density at radius 1 is 1.47 bits per heavy atom.